The van der Waals surface area contributed by atoms with E-state index in [-0.39, 0.29) is 5.54 Å². The van der Waals surface area contributed by atoms with Gasteiger partial charge in [0.05, 0.1) is 5.54 Å². The van der Waals surface area contributed by atoms with Gasteiger partial charge in [0.2, 0.25) is 0 Å². The first-order valence-electron chi connectivity index (χ1n) is 5.82. The highest BCUT2D eigenvalue weighted by atomic mass is 14.9. The monoisotopic (exact) mass is 230 g/mol. The second-order valence-electron chi connectivity index (χ2n) is 4.70. The Morgan fingerprint density at radius 2 is 2.29 bits per heavy atom. The first-order chi connectivity index (χ1) is 8.13. The number of hydrogen-bond acceptors (Lipinski definition) is 4. The number of nitrogens with zero attached hydrogens (tertiary/aromatic N) is 2. The van der Waals surface area contributed by atoms with Gasteiger partial charge in [-0.2, -0.15) is 0 Å². The summed E-state index contributed by atoms with van der Waals surface area (Å²) in [5.74, 6) is 0.491. The lowest BCUT2D eigenvalue weighted by Crippen LogP contribution is -2.30. The molecule has 90 valence electrons. The molecule has 0 unspecified atom stereocenters. The number of nitrogens with two attached hydrogens (primary N) is 2. The standard InChI is InChI=1S/C13H18N4/c1-13(4-2-5-13)17-9-11(8-14)10-3-6-16-12(15)7-10/h3,6-9H,2,4-5,14H2,1H3,(H2,15,16)/b11-8+,17-9?. The summed E-state index contributed by atoms with van der Waals surface area (Å²) in [7, 11) is 0. The molecule has 1 aromatic heterocycles. The highest BCUT2D eigenvalue weighted by Gasteiger charge is 2.30. The van der Waals surface area contributed by atoms with Crippen LogP contribution in [-0.4, -0.2) is 16.7 Å². The van der Waals surface area contributed by atoms with Gasteiger partial charge >= 0.3 is 0 Å². The van der Waals surface area contributed by atoms with E-state index in [9.17, 15) is 0 Å². The molecule has 1 aromatic rings. The topological polar surface area (TPSA) is 77.3 Å². The number of anilines is 1. The predicted molar refractivity (Wildman–Crippen MR) is 71.6 cm³/mol. The van der Waals surface area contributed by atoms with Crippen molar-refractivity contribution in [1.82, 2.24) is 4.98 Å². The van der Waals surface area contributed by atoms with Gasteiger partial charge in [-0.3, -0.25) is 4.99 Å². The molecule has 0 bridgehead atoms. The van der Waals surface area contributed by atoms with Gasteiger partial charge < -0.3 is 11.5 Å². The average Bonchev–Trinajstić information content (AvgIpc) is 2.28. The molecule has 2 rings (SSSR count). The fourth-order valence-corrected chi connectivity index (χ4v) is 1.88. The van der Waals surface area contributed by atoms with Crippen LogP contribution in [0.1, 0.15) is 31.7 Å². The van der Waals surface area contributed by atoms with Crippen molar-refractivity contribution in [2.45, 2.75) is 31.7 Å². The third-order valence-corrected chi connectivity index (χ3v) is 3.24. The molecule has 0 aromatic carbocycles. The molecule has 1 aliphatic carbocycles. The third-order valence-electron chi connectivity index (χ3n) is 3.24. The van der Waals surface area contributed by atoms with Crippen LogP contribution in [0.5, 0.6) is 0 Å². The number of hydrogen-bond donors (Lipinski definition) is 2. The highest BCUT2D eigenvalue weighted by Crippen LogP contribution is 2.35. The Hall–Kier alpha value is -1.84. The summed E-state index contributed by atoms with van der Waals surface area (Å²) in [4.78, 5) is 8.56. The molecule has 0 radical (unpaired) electrons. The fraction of sp³-hybridized carbons (Fsp3) is 0.385. The normalized spacial score (nSPS) is 19.2. The summed E-state index contributed by atoms with van der Waals surface area (Å²) >= 11 is 0. The van der Waals surface area contributed by atoms with Crippen LogP contribution in [0, 0.1) is 0 Å². The van der Waals surface area contributed by atoms with Crippen LogP contribution in [0.2, 0.25) is 0 Å². The van der Waals surface area contributed by atoms with Crippen LogP contribution >= 0.6 is 0 Å². The molecule has 4 nitrogen and oxygen atoms in total. The summed E-state index contributed by atoms with van der Waals surface area (Å²) in [6.45, 7) is 2.17. The van der Waals surface area contributed by atoms with Gasteiger partial charge in [-0.25, -0.2) is 4.98 Å². The molecule has 4 heteroatoms. The van der Waals surface area contributed by atoms with E-state index in [1.54, 1.807) is 18.5 Å². The smallest absolute Gasteiger partial charge is 0.123 e. The number of allylic oxidation sites excluding steroid dienone is 1. The fourth-order valence-electron chi connectivity index (χ4n) is 1.88. The van der Waals surface area contributed by atoms with E-state index < -0.39 is 0 Å². The molecule has 1 aliphatic rings. The largest absolute Gasteiger partial charge is 0.404 e. The molecule has 1 heterocycles. The van der Waals surface area contributed by atoms with Crippen molar-refractivity contribution in [2.75, 3.05) is 5.73 Å². The quantitative estimate of drug-likeness (QED) is 0.779. The van der Waals surface area contributed by atoms with Crippen molar-refractivity contribution in [2.24, 2.45) is 10.7 Å². The van der Waals surface area contributed by atoms with Gasteiger partial charge in [0.25, 0.3) is 0 Å². The number of rotatable bonds is 3. The van der Waals surface area contributed by atoms with E-state index in [1.807, 2.05) is 12.3 Å². The molecule has 0 amide bonds. The molecule has 1 fully saturated rings. The zero-order valence-corrected chi connectivity index (χ0v) is 10.1. The van der Waals surface area contributed by atoms with Crippen molar-refractivity contribution >= 4 is 17.6 Å². The Kier molecular flexibility index (Phi) is 3.13. The zero-order valence-electron chi connectivity index (χ0n) is 10.1. The van der Waals surface area contributed by atoms with E-state index in [0.717, 1.165) is 24.0 Å². The predicted octanol–water partition coefficient (Wildman–Crippen LogP) is 1.98. The Labute approximate surface area is 101 Å². The van der Waals surface area contributed by atoms with Crippen LogP contribution in [0.25, 0.3) is 5.57 Å². The average molecular weight is 230 g/mol. The van der Waals surface area contributed by atoms with E-state index in [2.05, 4.69) is 16.9 Å². The van der Waals surface area contributed by atoms with Gasteiger partial charge in [-0.05, 0) is 43.9 Å². The van der Waals surface area contributed by atoms with Crippen molar-refractivity contribution in [3.05, 3.63) is 30.1 Å². The lowest BCUT2D eigenvalue weighted by molar-refractivity contribution is 0.281. The van der Waals surface area contributed by atoms with Crippen molar-refractivity contribution < 1.29 is 0 Å². The van der Waals surface area contributed by atoms with Crippen LogP contribution in [0.3, 0.4) is 0 Å². The van der Waals surface area contributed by atoms with Crippen molar-refractivity contribution in [1.29, 1.82) is 0 Å². The van der Waals surface area contributed by atoms with E-state index in [1.165, 1.54) is 6.42 Å². The van der Waals surface area contributed by atoms with Gasteiger partial charge in [0.1, 0.15) is 5.82 Å². The molecule has 0 saturated heterocycles. The molecule has 0 aliphatic heterocycles. The molecule has 0 spiro atoms. The van der Waals surface area contributed by atoms with E-state index in [4.69, 9.17) is 11.5 Å². The van der Waals surface area contributed by atoms with Gasteiger partial charge in [0, 0.05) is 24.2 Å². The third kappa shape index (κ3) is 2.64. The zero-order chi connectivity index (χ0) is 12.3. The SMILES string of the molecule is CC1(N=C/C(=C\N)c2ccnc(N)c2)CCC1. The minimum absolute atomic E-state index is 0.104. The Morgan fingerprint density at radius 1 is 1.53 bits per heavy atom. The Balaban J connectivity index is 2.17. The van der Waals surface area contributed by atoms with Crippen molar-refractivity contribution in [3.8, 4) is 0 Å². The number of pyridine rings is 1. The summed E-state index contributed by atoms with van der Waals surface area (Å²) in [6, 6.07) is 3.68. The Morgan fingerprint density at radius 3 is 2.82 bits per heavy atom. The lowest BCUT2D eigenvalue weighted by atomic mass is 9.79. The summed E-state index contributed by atoms with van der Waals surface area (Å²) < 4.78 is 0. The Bertz CT molecular complexity index is 458. The maximum absolute atomic E-state index is 5.65. The summed E-state index contributed by atoms with van der Waals surface area (Å²) in [6.07, 6.45) is 8.64. The maximum Gasteiger partial charge on any atom is 0.123 e. The lowest BCUT2D eigenvalue weighted by Gasteiger charge is -2.34. The van der Waals surface area contributed by atoms with Gasteiger partial charge in [-0.15, -0.1) is 0 Å². The molecule has 17 heavy (non-hydrogen) atoms. The minimum atomic E-state index is 0.104. The van der Waals surface area contributed by atoms with E-state index in [0.29, 0.717) is 5.82 Å². The number of aromatic nitrogens is 1. The van der Waals surface area contributed by atoms with Crippen LogP contribution < -0.4 is 11.5 Å². The molecular formula is C13H18N4. The van der Waals surface area contributed by atoms with Crippen LogP contribution in [0.4, 0.5) is 5.82 Å². The maximum atomic E-state index is 5.65. The first-order valence-corrected chi connectivity index (χ1v) is 5.82. The van der Waals surface area contributed by atoms with Crippen LogP contribution in [-0.2, 0) is 0 Å². The molecule has 0 atom stereocenters. The number of nitrogen functional groups attached to an aromatic ring is 1. The van der Waals surface area contributed by atoms with Gasteiger partial charge in [0.15, 0.2) is 0 Å². The number of aliphatic imine (C=N–C) groups is 1. The van der Waals surface area contributed by atoms with E-state index >= 15 is 0 Å². The highest BCUT2D eigenvalue weighted by molar-refractivity contribution is 6.09. The molecule has 4 N–H and O–H groups in total. The molecular weight excluding hydrogens is 212 g/mol. The second-order valence-corrected chi connectivity index (χ2v) is 4.70. The van der Waals surface area contributed by atoms with Crippen molar-refractivity contribution in [3.63, 3.8) is 0 Å². The van der Waals surface area contributed by atoms with Gasteiger partial charge in [-0.1, -0.05) is 0 Å². The first kappa shape index (κ1) is 11.6. The minimum Gasteiger partial charge on any atom is -0.404 e. The van der Waals surface area contributed by atoms with Crippen LogP contribution in [0.15, 0.2) is 29.5 Å². The molecule has 1 saturated carbocycles. The second kappa shape index (κ2) is 4.57. The summed E-state index contributed by atoms with van der Waals surface area (Å²) in [5.41, 5.74) is 13.2. The summed E-state index contributed by atoms with van der Waals surface area (Å²) in [5, 5.41) is 0.